The molecule has 0 bridgehead atoms. The molecule has 0 spiro atoms. The van der Waals surface area contributed by atoms with Crippen molar-refractivity contribution in [2.24, 2.45) is 5.41 Å². The molecule has 0 heterocycles. The van der Waals surface area contributed by atoms with Gasteiger partial charge in [0.1, 0.15) is 18.9 Å². The fraction of sp³-hybridized carbons (Fsp3) is 0.556. The molecule has 188 valence electrons. The smallest absolute Gasteiger partial charge is 0.255 e. The van der Waals surface area contributed by atoms with Crippen molar-refractivity contribution in [3.63, 3.8) is 0 Å². The fourth-order valence-corrected chi connectivity index (χ4v) is 3.67. The average Bonchev–Trinajstić information content (AvgIpc) is 2.76. The van der Waals surface area contributed by atoms with E-state index in [1.165, 1.54) is 11.9 Å². The van der Waals surface area contributed by atoms with Crippen molar-refractivity contribution < 1.29 is 23.9 Å². The minimum atomic E-state index is -0.725. The number of hydrogen-bond donors (Lipinski definition) is 1. The number of rotatable bonds is 14. The van der Waals surface area contributed by atoms with Gasteiger partial charge in [-0.05, 0) is 42.7 Å². The van der Waals surface area contributed by atoms with E-state index in [1.54, 1.807) is 7.05 Å². The molecule has 0 aliphatic heterocycles. The van der Waals surface area contributed by atoms with E-state index in [2.05, 4.69) is 5.32 Å². The molecule has 7 heteroatoms. The van der Waals surface area contributed by atoms with Crippen LogP contribution in [0.5, 0.6) is 0 Å². The molecule has 1 atom stereocenters. The van der Waals surface area contributed by atoms with Gasteiger partial charge in [-0.25, -0.2) is 0 Å². The van der Waals surface area contributed by atoms with Gasteiger partial charge in [0.25, 0.3) is 5.91 Å². The summed E-state index contributed by atoms with van der Waals surface area (Å²) in [6.45, 7) is 8.58. The number of ketones is 1. The number of aryl methyl sites for hydroxylation is 1. The molecule has 0 fully saturated rings. The number of Topliss-reactive ketones (excluding diaryl/α,β-unsaturated/α-hetero) is 1. The first-order valence-electron chi connectivity index (χ1n) is 11.8. The van der Waals surface area contributed by atoms with Crippen molar-refractivity contribution in [1.29, 1.82) is 0 Å². The highest BCUT2D eigenvalue weighted by Crippen LogP contribution is 2.21. The summed E-state index contributed by atoms with van der Waals surface area (Å²) < 4.78 is 5.49. The van der Waals surface area contributed by atoms with Crippen LogP contribution in [-0.4, -0.2) is 62.1 Å². The number of carbonyl (C=O) groups excluding carboxylic acids is 4. The van der Waals surface area contributed by atoms with Crippen LogP contribution in [0.4, 0.5) is 0 Å². The van der Waals surface area contributed by atoms with Gasteiger partial charge in [0.2, 0.25) is 5.91 Å². The molecule has 1 aromatic carbocycles. The molecule has 1 N–H and O–H groups in total. The molecule has 34 heavy (non-hydrogen) atoms. The molecular weight excluding hydrogens is 432 g/mol. The predicted octanol–water partition coefficient (Wildman–Crippen LogP) is 3.98. The van der Waals surface area contributed by atoms with Crippen molar-refractivity contribution >= 4 is 30.0 Å². The Kier molecular flexibility index (Phi) is 12.4. The van der Waals surface area contributed by atoms with Gasteiger partial charge in [-0.3, -0.25) is 14.4 Å². The van der Waals surface area contributed by atoms with E-state index in [9.17, 15) is 19.2 Å². The second-order valence-corrected chi connectivity index (χ2v) is 9.70. The Labute approximate surface area is 203 Å². The second kappa shape index (κ2) is 14.5. The van der Waals surface area contributed by atoms with E-state index >= 15 is 0 Å². The van der Waals surface area contributed by atoms with Crippen LogP contribution in [0, 0.1) is 12.3 Å². The van der Waals surface area contributed by atoms with Gasteiger partial charge >= 0.3 is 0 Å². The van der Waals surface area contributed by atoms with Gasteiger partial charge in [-0.2, -0.15) is 0 Å². The Bertz CT molecular complexity index is 870. The van der Waals surface area contributed by atoms with E-state index in [0.717, 1.165) is 30.3 Å². The topological polar surface area (TPSA) is 92.8 Å². The lowest BCUT2D eigenvalue weighted by molar-refractivity contribution is -0.126. The number of aldehydes is 1. The first kappa shape index (κ1) is 29.2. The Morgan fingerprint density at radius 3 is 2.50 bits per heavy atom. The average molecular weight is 473 g/mol. The molecular formula is C27H40N2O5. The van der Waals surface area contributed by atoms with E-state index in [0.29, 0.717) is 18.6 Å². The van der Waals surface area contributed by atoms with E-state index in [4.69, 9.17) is 4.74 Å². The fourth-order valence-electron chi connectivity index (χ4n) is 3.67. The third kappa shape index (κ3) is 10.00. The van der Waals surface area contributed by atoms with Crippen LogP contribution < -0.4 is 5.32 Å². The maximum Gasteiger partial charge on any atom is 0.255 e. The molecule has 0 aliphatic rings. The molecule has 0 saturated heterocycles. The highest BCUT2D eigenvalue weighted by Gasteiger charge is 2.28. The molecule has 0 aromatic heterocycles. The zero-order valence-corrected chi connectivity index (χ0v) is 21.5. The summed E-state index contributed by atoms with van der Waals surface area (Å²) in [4.78, 5) is 49.7. The Morgan fingerprint density at radius 2 is 1.88 bits per heavy atom. The van der Waals surface area contributed by atoms with Crippen LogP contribution in [0.2, 0.25) is 0 Å². The van der Waals surface area contributed by atoms with E-state index < -0.39 is 6.04 Å². The predicted molar refractivity (Wildman–Crippen MR) is 135 cm³/mol. The van der Waals surface area contributed by atoms with Crippen molar-refractivity contribution in [2.75, 3.05) is 27.3 Å². The number of nitrogens with zero attached hydrogens (tertiary/aromatic N) is 1. The van der Waals surface area contributed by atoms with Gasteiger partial charge in [-0.15, -0.1) is 0 Å². The molecule has 0 radical (unpaired) electrons. The molecule has 1 aromatic rings. The zero-order chi connectivity index (χ0) is 25.7. The third-order valence-electron chi connectivity index (χ3n) is 5.36. The Morgan fingerprint density at radius 1 is 1.18 bits per heavy atom. The lowest BCUT2D eigenvalue weighted by atomic mass is 9.90. The standard InChI is InChI=1S/C27H40N2O5/c1-20-12-10-14-21(13-8-7-9-17-34-19-22(31)18-27(2,3)4)24(20)26(33)29(6)23(15-11-16-30)25(32)28-5/h8,10,12-14,16,23H,7,9,11,15,17-19H2,1-6H3,(H,28,32)/b13-8-. The second-order valence-electron chi connectivity index (χ2n) is 9.70. The van der Waals surface area contributed by atoms with Crippen LogP contribution in [0.25, 0.3) is 6.08 Å². The number of amides is 2. The highest BCUT2D eigenvalue weighted by molar-refractivity contribution is 6.01. The molecule has 2 amide bonds. The summed E-state index contributed by atoms with van der Waals surface area (Å²) in [5.74, 6) is -0.458. The van der Waals surface area contributed by atoms with Crippen LogP contribution in [0.15, 0.2) is 24.3 Å². The Balaban J connectivity index is 2.77. The summed E-state index contributed by atoms with van der Waals surface area (Å²) in [5.41, 5.74) is 2.08. The van der Waals surface area contributed by atoms with Gasteiger partial charge in [0, 0.05) is 39.1 Å². The minimum Gasteiger partial charge on any atom is -0.374 e. The first-order chi connectivity index (χ1) is 16.0. The summed E-state index contributed by atoms with van der Waals surface area (Å²) in [7, 11) is 3.10. The lowest BCUT2D eigenvalue weighted by Gasteiger charge is -2.27. The van der Waals surface area contributed by atoms with Gasteiger partial charge < -0.3 is 19.7 Å². The largest absolute Gasteiger partial charge is 0.374 e. The molecule has 7 nitrogen and oxygen atoms in total. The summed E-state index contributed by atoms with van der Waals surface area (Å²) in [6.07, 6.45) is 7.10. The number of allylic oxidation sites excluding steroid dienone is 1. The molecule has 0 saturated carbocycles. The number of ether oxygens (including phenoxy) is 1. The SMILES string of the molecule is CNC(=O)C(CCC=O)N(C)C(=O)c1c(C)cccc1/C=C\CCCOCC(=O)CC(C)(C)C. The van der Waals surface area contributed by atoms with E-state index in [-0.39, 0.29) is 42.5 Å². The van der Waals surface area contributed by atoms with Crippen molar-refractivity contribution in [3.05, 3.63) is 41.0 Å². The molecule has 0 aliphatic carbocycles. The quantitative estimate of drug-likeness (QED) is 0.327. The first-order valence-corrected chi connectivity index (χ1v) is 11.8. The summed E-state index contributed by atoms with van der Waals surface area (Å²) in [6, 6.07) is 4.89. The lowest BCUT2D eigenvalue weighted by Crippen LogP contribution is -2.47. The maximum absolute atomic E-state index is 13.3. The van der Waals surface area contributed by atoms with Gasteiger partial charge in [0.15, 0.2) is 5.78 Å². The zero-order valence-electron chi connectivity index (χ0n) is 21.5. The molecule has 1 rings (SSSR count). The number of benzene rings is 1. The summed E-state index contributed by atoms with van der Waals surface area (Å²) >= 11 is 0. The number of unbranched alkanes of at least 4 members (excludes halogenated alkanes) is 1. The van der Waals surface area contributed by atoms with E-state index in [1.807, 2.05) is 58.0 Å². The number of carbonyl (C=O) groups is 4. The highest BCUT2D eigenvalue weighted by atomic mass is 16.5. The Hall–Kier alpha value is -2.80. The van der Waals surface area contributed by atoms with Gasteiger partial charge in [0.05, 0.1) is 0 Å². The number of hydrogen-bond acceptors (Lipinski definition) is 5. The minimum absolute atomic E-state index is 0.0327. The van der Waals surface area contributed by atoms with Crippen LogP contribution in [0.3, 0.4) is 0 Å². The van der Waals surface area contributed by atoms with Crippen LogP contribution >= 0.6 is 0 Å². The van der Waals surface area contributed by atoms with Gasteiger partial charge in [-0.1, -0.05) is 51.1 Å². The third-order valence-corrected chi connectivity index (χ3v) is 5.36. The molecule has 1 unspecified atom stereocenters. The number of likely N-dealkylation sites (N-methyl/N-ethyl adjacent to an activating group) is 2. The maximum atomic E-state index is 13.3. The number of nitrogens with one attached hydrogen (secondary N) is 1. The monoisotopic (exact) mass is 472 g/mol. The normalized spacial score (nSPS) is 12.4. The van der Waals surface area contributed by atoms with Crippen molar-refractivity contribution in [1.82, 2.24) is 10.2 Å². The van der Waals surface area contributed by atoms with Crippen LogP contribution in [0.1, 0.15) is 74.4 Å². The van der Waals surface area contributed by atoms with Crippen molar-refractivity contribution in [3.8, 4) is 0 Å². The summed E-state index contributed by atoms with van der Waals surface area (Å²) in [5, 5.41) is 2.57. The van der Waals surface area contributed by atoms with Crippen LogP contribution in [-0.2, 0) is 19.1 Å². The van der Waals surface area contributed by atoms with Crippen molar-refractivity contribution in [2.45, 2.75) is 65.8 Å².